The first-order chi connectivity index (χ1) is 14.9. The fourth-order valence-electron chi connectivity index (χ4n) is 3.64. The minimum absolute atomic E-state index is 0.00494. The fraction of sp³-hybridized carbons (Fsp3) is 0.348. The first-order valence-corrected chi connectivity index (χ1v) is 10.00. The van der Waals surface area contributed by atoms with Gasteiger partial charge in [-0.05, 0) is 11.1 Å². The highest BCUT2D eigenvalue weighted by Crippen LogP contribution is 2.26. The van der Waals surface area contributed by atoms with Crippen LogP contribution in [0.3, 0.4) is 0 Å². The highest BCUT2D eigenvalue weighted by atomic mass is 16.5. The van der Waals surface area contributed by atoms with Crippen LogP contribution in [-0.2, 0) is 37.1 Å². The van der Waals surface area contributed by atoms with Gasteiger partial charge in [0.15, 0.2) is 6.04 Å². The summed E-state index contributed by atoms with van der Waals surface area (Å²) in [6.45, 7) is 2.88. The van der Waals surface area contributed by atoms with Crippen LogP contribution in [0.2, 0.25) is 0 Å². The SMILES string of the molecule is CC(=O)N1C[C@H](OCc2ccccc2)[C@@H](OCc2ccccc2)[C@H](C(=O)O)N1C(C)=O. The Bertz CT molecular complexity index is 905. The Morgan fingerprint density at radius 1 is 0.871 bits per heavy atom. The number of hydrogen-bond acceptors (Lipinski definition) is 5. The highest BCUT2D eigenvalue weighted by molar-refractivity contribution is 5.86. The summed E-state index contributed by atoms with van der Waals surface area (Å²) < 4.78 is 12.1. The number of carboxylic acids is 1. The third kappa shape index (κ3) is 5.48. The predicted molar refractivity (Wildman–Crippen MR) is 111 cm³/mol. The third-order valence-corrected chi connectivity index (χ3v) is 5.09. The van der Waals surface area contributed by atoms with E-state index in [1.165, 1.54) is 13.8 Å². The minimum atomic E-state index is -1.40. The molecule has 2 aromatic carbocycles. The minimum Gasteiger partial charge on any atom is -0.480 e. The van der Waals surface area contributed by atoms with Gasteiger partial charge >= 0.3 is 5.97 Å². The molecule has 2 amide bonds. The van der Waals surface area contributed by atoms with Crippen molar-refractivity contribution in [3.63, 3.8) is 0 Å². The third-order valence-electron chi connectivity index (χ3n) is 5.09. The Labute approximate surface area is 180 Å². The van der Waals surface area contributed by atoms with Gasteiger partial charge in [-0.2, -0.15) is 0 Å². The molecule has 1 fully saturated rings. The molecule has 1 aliphatic heterocycles. The second-order valence-corrected chi connectivity index (χ2v) is 7.34. The van der Waals surface area contributed by atoms with Gasteiger partial charge in [0.2, 0.25) is 11.8 Å². The van der Waals surface area contributed by atoms with E-state index in [4.69, 9.17) is 9.47 Å². The maximum atomic E-state index is 12.3. The molecule has 1 saturated heterocycles. The molecule has 0 aliphatic carbocycles. The van der Waals surface area contributed by atoms with Crippen molar-refractivity contribution in [2.45, 2.75) is 45.3 Å². The Morgan fingerprint density at radius 2 is 1.39 bits per heavy atom. The van der Waals surface area contributed by atoms with E-state index in [1.54, 1.807) is 0 Å². The van der Waals surface area contributed by atoms with Gasteiger partial charge in [-0.1, -0.05) is 60.7 Å². The van der Waals surface area contributed by atoms with Crippen LogP contribution >= 0.6 is 0 Å². The summed E-state index contributed by atoms with van der Waals surface area (Å²) in [5, 5.41) is 12.0. The molecular weight excluding hydrogens is 400 g/mol. The van der Waals surface area contributed by atoms with Crippen LogP contribution in [0.1, 0.15) is 25.0 Å². The zero-order valence-electron chi connectivity index (χ0n) is 17.5. The van der Waals surface area contributed by atoms with Gasteiger partial charge in [0, 0.05) is 13.8 Å². The first kappa shape index (κ1) is 22.5. The van der Waals surface area contributed by atoms with E-state index in [0.29, 0.717) is 0 Å². The van der Waals surface area contributed by atoms with Crippen LogP contribution in [-0.4, -0.2) is 57.7 Å². The molecule has 0 aromatic heterocycles. The number of nitrogens with zero attached hydrogens (tertiary/aromatic N) is 2. The number of ether oxygens (including phenoxy) is 2. The number of carbonyl (C=O) groups is 3. The number of benzene rings is 2. The quantitative estimate of drug-likeness (QED) is 0.730. The number of hydrazine groups is 1. The molecule has 3 rings (SSSR count). The second kappa shape index (κ2) is 10.2. The van der Waals surface area contributed by atoms with Gasteiger partial charge in [0.05, 0.1) is 19.8 Å². The van der Waals surface area contributed by atoms with Gasteiger partial charge in [0.25, 0.3) is 0 Å². The predicted octanol–water partition coefficient (Wildman–Crippen LogP) is 2.24. The molecule has 0 radical (unpaired) electrons. The van der Waals surface area contributed by atoms with Crippen molar-refractivity contribution in [2.75, 3.05) is 6.54 Å². The number of rotatable bonds is 7. The van der Waals surface area contributed by atoms with E-state index >= 15 is 0 Å². The van der Waals surface area contributed by atoms with Crippen LogP contribution in [0.4, 0.5) is 0 Å². The number of aliphatic carboxylic acids is 1. The standard InChI is InChI=1S/C23H26N2O6/c1-16(26)24-13-20(30-14-18-9-5-3-6-10-18)22(21(23(28)29)25(24)17(2)27)31-15-19-11-7-4-8-12-19/h3-12,20-22H,13-15H2,1-2H3,(H,28,29)/t20-,21+,22+/m0/s1. The van der Waals surface area contributed by atoms with Gasteiger partial charge in [-0.25, -0.2) is 14.8 Å². The van der Waals surface area contributed by atoms with Gasteiger partial charge in [-0.15, -0.1) is 0 Å². The van der Waals surface area contributed by atoms with Gasteiger partial charge in [-0.3, -0.25) is 9.59 Å². The maximum Gasteiger partial charge on any atom is 0.331 e. The fourth-order valence-corrected chi connectivity index (χ4v) is 3.64. The van der Waals surface area contributed by atoms with Gasteiger partial charge < -0.3 is 14.6 Å². The van der Waals surface area contributed by atoms with E-state index < -0.39 is 36.0 Å². The number of carbonyl (C=O) groups excluding carboxylic acids is 2. The summed E-state index contributed by atoms with van der Waals surface area (Å²) >= 11 is 0. The topological polar surface area (TPSA) is 96.4 Å². The first-order valence-electron chi connectivity index (χ1n) is 10.00. The summed E-state index contributed by atoms with van der Waals surface area (Å²) in [6, 6.07) is 17.3. The molecule has 1 heterocycles. The zero-order chi connectivity index (χ0) is 22.4. The van der Waals surface area contributed by atoms with E-state index in [1.807, 2.05) is 60.7 Å². The van der Waals surface area contributed by atoms with Crippen LogP contribution in [0.5, 0.6) is 0 Å². The lowest BCUT2D eigenvalue weighted by Crippen LogP contribution is -2.69. The largest absolute Gasteiger partial charge is 0.480 e. The van der Waals surface area contributed by atoms with Crippen molar-refractivity contribution in [3.05, 3.63) is 71.8 Å². The summed E-state index contributed by atoms with van der Waals surface area (Å²) in [7, 11) is 0. The van der Waals surface area contributed by atoms with E-state index in [2.05, 4.69) is 0 Å². The summed E-state index contributed by atoms with van der Waals surface area (Å²) in [6.07, 6.45) is -1.72. The van der Waals surface area contributed by atoms with E-state index in [-0.39, 0.29) is 19.8 Å². The van der Waals surface area contributed by atoms with E-state index in [9.17, 15) is 19.5 Å². The highest BCUT2D eigenvalue weighted by Gasteiger charge is 2.49. The Kier molecular flexibility index (Phi) is 7.38. The molecular formula is C23H26N2O6. The second-order valence-electron chi connectivity index (χ2n) is 7.34. The van der Waals surface area contributed by atoms with Crippen LogP contribution in [0.15, 0.2) is 60.7 Å². The molecule has 1 aliphatic rings. The molecule has 0 unspecified atom stereocenters. The van der Waals surface area contributed by atoms with Crippen LogP contribution < -0.4 is 0 Å². The van der Waals surface area contributed by atoms with Crippen molar-refractivity contribution in [1.29, 1.82) is 0 Å². The maximum absolute atomic E-state index is 12.3. The van der Waals surface area contributed by atoms with Crippen molar-refractivity contribution >= 4 is 17.8 Å². The molecule has 2 aromatic rings. The number of carboxylic acid groups (broad SMARTS) is 1. The molecule has 0 spiro atoms. The van der Waals surface area contributed by atoms with Gasteiger partial charge in [0.1, 0.15) is 12.2 Å². The average Bonchev–Trinajstić information content (AvgIpc) is 2.76. The van der Waals surface area contributed by atoms with Crippen molar-refractivity contribution in [2.24, 2.45) is 0 Å². The lowest BCUT2D eigenvalue weighted by Gasteiger charge is -2.48. The number of amides is 2. The molecule has 3 atom stereocenters. The van der Waals surface area contributed by atoms with Crippen molar-refractivity contribution in [3.8, 4) is 0 Å². The van der Waals surface area contributed by atoms with Crippen molar-refractivity contribution < 1.29 is 29.0 Å². The lowest BCUT2D eigenvalue weighted by molar-refractivity contribution is -0.221. The molecule has 8 nitrogen and oxygen atoms in total. The summed E-state index contributed by atoms with van der Waals surface area (Å²) in [4.78, 5) is 36.7. The molecule has 8 heteroatoms. The molecule has 164 valence electrons. The summed E-state index contributed by atoms with van der Waals surface area (Å²) in [5.41, 5.74) is 1.76. The number of hydrogen-bond donors (Lipinski definition) is 1. The summed E-state index contributed by atoms with van der Waals surface area (Å²) in [5.74, 6) is -2.28. The van der Waals surface area contributed by atoms with Crippen molar-refractivity contribution in [1.82, 2.24) is 10.0 Å². The molecule has 0 bridgehead atoms. The monoisotopic (exact) mass is 426 g/mol. The molecule has 0 saturated carbocycles. The Morgan fingerprint density at radius 3 is 1.84 bits per heavy atom. The lowest BCUT2D eigenvalue weighted by atomic mass is 10.0. The smallest absolute Gasteiger partial charge is 0.331 e. The van der Waals surface area contributed by atoms with Crippen LogP contribution in [0, 0.1) is 0 Å². The average molecular weight is 426 g/mol. The normalized spacial score (nSPS) is 21.0. The Hall–Kier alpha value is -3.23. The molecule has 1 N–H and O–H groups in total. The van der Waals surface area contributed by atoms with E-state index in [0.717, 1.165) is 21.1 Å². The molecule has 31 heavy (non-hydrogen) atoms. The Balaban J connectivity index is 1.89. The van der Waals surface area contributed by atoms with Crippen LogP contribution in [0.25, 0.3) is 0 Å². The zero-order valence-corrected chi connectivity index (χ0v) is 17.5.